The minimum Gasteiger partial charge on any atom is -0.491 e. The molecule has 112 valence electrons. The van der Waals surface area contributed by atoms with Crippen LogP contribution in [-0.4, -0.2) is 16.3 Å². The number of anilines is 1. The lowest BCUT2D eigenvalue weighted by molar-refractivity contribution is 0.242. The molecule has 22 heavy (non-hydrogen) atoms. The number of nitrogens with two attached hydrogens (primary N) is 1. The van der Waals surface area contributed by atoms with Crippen molar-refractivity contribution in [3.05, 3.63) is 54.6 Å². The zero-order valence-corrected chi connectivity index (χ0v) is 12.7. The van der Waals surface area contributed by atoms with E-state index in [4.69, 9.17) is 10.5 Å². The Morgan fingerprint density at radius 3 is 2.45 bits per heavy atom. The van der Waals surface area contributed by atoms with Crippen LogP contribution in [0.3, 0.4) is 0 Å². The number of hydrogen-bond donors (Lipinski definition) is 2. The first kappa shape index (κ1) is 14.2. The summed E-state index contributed by atoms with van der Waals surface area (Å²) in [5.41, 5.74) is 10.5. The van der Waals surface area contributed by atoms with Crippen molar-refractivity contribution in [2.24, 2.45) is 0 Å². The normalized spacial score (nSPS) is 10.9. The Kier molecular flexibility index (Phi) is 3.83. The summed E-state index contributed by atoms with van der Waals surface area (Å²) in [5.74, 6) is 0.863. The molecule has 3 rings (SSSR count). The van der Waals surface area contributed by atoms with Crippen molar-refractivity contribution in [2.45, 2.75) is 20.0 Å². The van der Waals surface area contributed by atoms with Gasteiger partial charge < -0.3 is 10.5 Å². The van der Waals surface area contributed by atoms with Gasteiger partial charge in [0.2, 0.25) is 0 Å². The van der Waals surface area contributed by atoms with Crippen molar-refractivity contribution in [1.82, 2.24) is 10.2 Å². The number of ether oxygens (including phenoxy) is 1. The molecular formula is C18H19N3O. The highest BCUT2D eigenvalue weighted by atomic mass is 16.5. The van der Waals surface area contributed by atoms with E-state index >= 15 is 0 Å². The largest absolute Gasteiger partial charge is 0.491 e. The number of para-hydroxylation sites is 1. The monoisotopic (exact) mass is 293 g/mol. The van der Waals surface area contributed by atoms with Gasteiger partial charge in [0.05, 0.1) is 17.5 Å². The topological polar surface area (TPSA) is 63.9 Å². The second-order valence-corrected chi connectivity index (χ2v) is 5.45. The molecule has 0 amide bonds. The number of aromatic nitrogens is 2. The van der Waals surface area contributed by atoms with E-state index in [1.54, 1.807) is 0 Å². The van der Waals surface area contributed by atoms with Crippen LogP contribution in [0.1, 0.15) is 13.8 Å². The van der Waals surface area contributed by atoms with Crippen LogP contribution in [0.4, 0.5) is 5.69 Å². The highest BCUT2D eigenvalue weighted by Crippen LogP contribution is 2.28. The van der Waals surface area contributed by atoms with Gasteiger partial charge in [0, 0.05) is 16.8 Å². The molecule has 0 atom stereocenters. The number of rotatable bonds is 4. The Morgan fingerprint density at radius 1 is 1.05 bits per heavy atom. The highest BCUT2D eigenvalue weighted by molar-refractivity contribution is 5.76. The van der Waals surface area contributed by atoms with Crippen LogP contribution in [-0.2, 0) is 0 Å². The third kappa shape index (κ3) is 2.96. The lowest BCUT2D eigenvalue weighted by atomic mass is 10.1. The van der Waals surface area contributed by atoms with Crippen LogP contribution in [0.5, 0.6) is 5.75 Å². The molecule has 0 fully saturated rings. The third-order valence-corrected chi connectivity index (χ3v) is 3.35. The van der Waals surface area contributed by atoms with Gasteiger partial charge in [-0.3, -0.25) is 5.10 Å². The quantitative estimate of drug-likeness (QED) is 0.711. The molecule has 0 unspecified atom stereocenters. The second-order valence-electron chi connectivity index (χ2n) is 5.45. The third-order valence-electron chi connectivity index (χ3n) is 3.35. The minimum atomic E-state index is 0.170. The fourth-order valence-corrected chi connectivity index (χ4v) is 2.33. The maximum Gasteiger partial charge on any atom is 0.119 e. The summed E-state index contributed by atoms with van der Waals surface area (Å²) in [4.78, 5) is 0. The Morgan fingerprint density at radius 2 is 1.77 bits per heavy atom. The van der Waals surface area contributed by atoms with Gasteiger partial charge in [-0.2, -0.15) is 5.10 Å². The van der Waals surface area contributed by atoms with Gasteiger partial charge >= 0.3 is 0 Å². The Balaban J connectivity index is 1.86. The van der Waals surface area contributed by atoms with E-state index in [-0.39, 0.29) is 6.10 Å². The van der Waals surface area contributed by atoms with Gasteiger partial charge in [0.15, 0.2) is 0 Å². The molecule has 0 spiro atoms. The minimum absolute atomic E-state index is 0.170. The average molecular weight is 293 g/mol. The van der Waals surface area contributed by atoms with Gasteiger partial charge in [0.1, 0.15) is 5.75 Å². The molecular weight excluding hydrogens is 274 g/mol. The molecule has 0 aliphatic heterocycles. The Labute approximate surface area is 129 Å². The maximum atomic E-state index is 6.00. The van der Waals surface area contributed by atoms with Crippen molar-refractivity contribution in [1.29, 1.82) is 0 Å². The zero-order chi connectivity index (χ0) is 15.5. The van der Waals surface area contributed by atoms with Gasteiger partial charge in [-0.1, -0.05) is 18.2 Å². The fraction of sp³-hybridized carbons (Fsp3) is 0.167. The molecule has 0 saturated carbocycles. The zero-order valence-electron chi connectivity index (χ0n) is 12.7. The van der Waals surface area contributed by atoms with E-state index in [0.717, 1.165) is 34.0 Å². The van der Waals surface area contributed by atoms with E-state index in [1.807, 2.05) is 68.4 Å². The van der Waals surface area contributed by atoms with E-state index in [9.17, 15) is 0 Å². The predicted molar refractivity (Wildman–Crippen MR) is 89.6 cm³/mol. The van der Waals surface area contributed by atoms with E-state index in [2.05, 4.69) is 10.2 Å². The van der Waals surface area contributed by atoms with Crippen LogP contribution in [0.15, 0.2) is 54.6 Å². The van der Waals surface area contributed by atoms with Gasteiger partial charge in [-0.05, 0) is 50.2 Å². The molecule has 0 saturated heterocycles. The van der Waals surface area contributed by atoms with E-state index in [0.29, 0.717) is 0 Å². The van der Waals surface area contributed by atoms with Crippen LogP contribution in [0.2, 0.25) is 0 Å². The van der Waals surface area contributed by atoms with Crippen molar-refractivity contribution in [3.8, 4) is 28.3 Å². The second kappa shape index (κ2) is 5.93. The number of hydrogen-bond acceptors (Lipinski definition) is 3. The molecule has 2 aromatic carbocycles. The number of benzene rings is 2. The summed E-state index contributed by atoms with van der Waals surface area (Å²) in [5, 5.41) is 7.42. The number of H-pyrrole nitrogens is 1. The average Bonchev–Trinajstić information content (AvgIpc) is 2.97. The Hall–Kier alpha value is -2.75. The number of nitrogen functional groups attached to an aromatic ring is 1. The van der Waals surface area contributed by atoms with Crippen molar-refractivity contribution in [3.63, 3.8) is 0 Å². The maximum absolute atomic E-state index is 6.00. The molecule has 1 heterocycles. The number of nitrogens with one attached hydrogen (secondary N) is 1. The number of aromatic amines is 1. The molecule has 0 radical (unpaired) electrons. The summed E-state index contributed by atoms with van der Waals surface area (Å²) in [6, 6.07) is 17.7. The summed E-state index contributed by atoms with van der Waals surface area (Å²) in [6.45, 7) is 4.02. The van der Waals surface area contributed by atoms with Crippen LogP contribution < -0.4 is 10.5 Å². The van der Waals surface area contributed by atoms with Crippen LogP contribution >= 0.6 is 0 Å². The molecule has 1 aromatic heterocycles. The lowest BCUT2D eigenvalue weighted by Crippen LogP contribution is -2.05. The molecule has 3 N–H and O–H groups in total. The van der Waals surface area contributed by atoms with Gasteiger partial charge in [-0.15, -0.1) is 0 Å². The van der Waals surface area contributed by atoms with Gasteiger partial charge in [-0.25, -0.2) is 0 Å². The number of nitrogens with zero attached hydrogens (tertiary/aromatic N) is 1. The first-order valence-electron chi connectivity index (χ1n) is 7.31. The summed E-state index contributed by atoms with van der Waals surface area (Å²) in [7, 11) is 0. The summed E-state index contributed by atoms with van der Waals surface area (Å²) in [6.07, 6.45) is 0.170. The first-order chi connectivity index (χ1) is 10.6. The summed E-state index contributed by atoms with van der Waals surface area (Å²) >= 11 is 0. The fourth-order valence-electron chi connectivity index (χ4n) is 2.33. The molecule has 4 heteroatoms. The SMILES string of the molecule is CC(C)Oc1ccc(-c2cc(-c3ccccc3N)[nH]n2)cc1. The standard InChI is InChI=1S/C18H19N3O/c1-12(2)22-14-9-7-13(8-10-14)17-11-18(21-20-17)15-5-3-4-6-16(15)19/h3-12H,19H2,1-2H3,(H,20,21). The highest BCUT2D eigenvalue weighted by Gasteiger charge is 2.08. The first-order valence-corrected chi connectivity index (χ1v) is 7.31. The molecule has 0 aliphatic rings. The van der Waals surface area contributed by atoms with Crippen molar-refractivity contribution in [2.75, 3.05) is 5.73 Å². The van der Waals surface area contributed by atoms with Crippen LogP contribution in [0, 0.1) is 0 Å². The predicted octanol–water partition coefficient (Wildman–Crippen LogP) is 4.11. The van der Waals surface area contributed by atoms with E-state index in [1.165, 1.54) is 0 Å². The van der Waals surface area contributed by atoms with Gasteiger partial charge in [0.25, 0.3) is 0 Å². The lowest BCUT2D eigenvalue weighted by Gasteiger charge is -2.09. The van der Waals surface area contributed by atoms with Crippen molar-refractivity contribution < 1.29 is 4.74 Å². The summed E-state index contributed by atoms with van der Waals surface area (Å²) < 4.78 is 5.65. The molecule has 0 aliphatic carbocycles. The van der Waals surface area contributed by atoms with Crippen LogP contribution in [0.25, 0.3) is 22.5 Å². The van der Waals surface area contributed by atoms with E-state index < -0.39 is 0 Å². The molecule has 3 aromatic rings. The smallest absolute Gasteiger partial charge is 0.119 e. The van der Waals surface area contributed by atoms with Crippen molar-refractivity contribution >= 4 is 5.69 Å². The molecule has 0 bridgehead atoms. The molecule has 4 nitrogen and oxygen atoms in total. The Bertz CT molecular complexity index is 760.